The average molecular weight is 586 g/mol. The maximum atomic E-state index is 13.5. The van der Waals surface area contributed by atoms with Crippen LogP contribution in [0, 0.1) is 0 Å². The number of aromatic nitrogens is 1. The fourth-order valence-electron chi connectivity index (χ4n) is 4.35. The number of pyridine rings is 1. The molecule has 13 heteroatoms. The molecule has 12 nitrogen and oxygen atoms in total. The number of anilines is 1. The van der Waals surface area contributed by atoms with Crippen molar-refractivity contribution in [3.63, 3.8) is 0 Å². The van der Waals surface area contributed by atoms with Crippen molar-refractivity contribution >= 4 is 38.6 Å². The largest absolute Gasteiger partial charge is 0.492 e. The zero-order chi connectivity index (χ0) is 29.4. The Morgan fingerprint density at radius 1 is 1.17 bits per heavy atom. The van der Waals surface area contributed by atoms with Crippen LogP contribution >= 0.6 is 0 Å². The Labute approximate surface area is 239 Å². The van der Waals surface area contributed by atoms with Crippen LogP contribution in [0.25, 0.3) is 10.9 Å². The second kappa shape index (κ2) is 13.7. The van der Waals surface area contributed by atoms with E-state index in [9.17, 15) is 18.0 Å². The number of ether oxygens (including phenoxy) is 3. The number of esters is 1. The lowest BCUT2D eigenvalue weighted by atomic mass is 10.1. The van der Waals surface area contributed by atoms with Crippen LogP contribution in [0.2, 0.25) is 0 Å². The maximum Gasteiger partial charge on any atom is 0.319 e. The zero-order valence-electron chi connectivity index (χ0n) is 23.3. The van der Waals surface area contributed by atoms with E-state index in [2.05, 4.69) is 20.3 Å². The number of nitrogens with zero attached hydrogens (tertiary/aromatic N) is 2. The normalized spacial score (nSPS) is 17.0. The molecule has 0 saturated carbocycles. The van der Waals surface area contributed by atoms with Crippen molar-refractivity contribution in [2.75, 3.05) is 45.7 Å². The summed E-state index contributed by atoms with van der Waals surface area (Å²) >= 11 is 0. The van der Waals surface area contributed by atoms with E-state index in [-0.39, 0.29) is 30.3 Å². The highest BCUT2D eigenvalue weighted by atomic mass is 32.2. The molecule has 0 aliphatic carbocycles. The van der Waals surface area contributed by atoms with Gasteiger partial charge >= 0.3 is 12.0 Å². The summed E-state index contributed by atoms with van der Waals surface area (Å²) in [6.07, 6.45) is 1.01. The molecular formula is C28H35N5O7S. The molecule has 1 aromatic heterocycles. The Hall–Kier alpha value is -3.78. The Morgan fingerprint density at radius 3 is 2.78 bits per heavy atom. The Morgan fingerprint density at radius 2 is 2.00 bits per heavy atom. The lowest BCUT2D eigenvalue weighted by molar-refractivity contribution is -0.163. The van der Waals surface area contributed by atoms with Gasteiger partial charge in [-0.3, -0.25) is 9.78 Å². The molecule has 41 heavy (non-hydrogen) atoms. The number of cyclic esters (lactones) is 1. The van der Waals surface area contributed by atoms with Crippen molar-refractivity contribution in [3.8, 4) is 5.75 Å². The lowest BCUT2D eigenvalue weighted by Gasteiger charge is -2.20. The van der Waals surface area contributed by atoms with Crippen molar-refractivity contribution in [1.82, 2.24) is 19.9 Å². The molecule has 2 atom stereocenters. The summed E-state index contributed by atoms with van der Waals surface area (Å²) < 4.78 is 46.0. The highest BCUT2D eigenvalue weighted by Gasteiger charge is 2.39. The van der Waals surface area contributed by atoms with Gasteiger partial charge in [-0.05, 0) is 50.8 Å². The predicted molar refractivity (Wildman–Crippen MR) is 153 cm³/mol. The van der Waals surface area contributed by atoms with E-state index in [1.807, 2.05) is 49.3 Å². The van der Waals surface area contributed by atoms with E-state index < -0.39 is 34.4 Å². The first kappa shape index (κ1) is 30.2. The second-order valence-electron chi connectivity index (χ2n) is 9.68. The van der Waals surface area contributed by atoms with Crippen molar-refractivity contribution in [2.24, 2.45) is 0 Å². The third-order valence-corrected chi connectivity index (χ3v) is 7.83. The van der Waals surface area contributed by atoms with Crippen LogP contribution in [0.3, 0.4) is 0 Å². The molecule has 3 aromatic rings. The molecule has 0 radical (unpaired) electrons. The molecule has 1 aliphatic heterocycles. The summed E-state index contributed by atoms with van der Waals surface area (Å²) in [5, 5.41) is 6.44. The predicted octanol–water partition coefficient (Wildman–Crippen LogP) is 2.50. The van der Waals surface area contributed by atoms with Gasteiger partial charge in [0.25, 0.3) is 0 Å². The molecule has 0 bridgehead atoms. The Bertz CT molecular complexity index is 1480. The number of amides is 2. The standard InChI is InChI=1S/C28H35N5O7S/c1-4-38-27-23(18-26(34)40-27)32-41(36,37)25-11-10-20(31-28(35)30-14-15-33(2)3)17-24(25)39-16-12-19-7-5-9-22-21(19)8-6-13-29-22/h5-11,13,17,23,27,32H,4,12,14-16,18H2,1-3H3,(H2,30,31,35)/t23?,27-/m0/s1. The minimum atomic E-state index is -4.18. The van der Waals surface area contributed by atoms with Gasteiger partial charge in [0.2, 0.25) is 16.3 Å². The van der Waals surface area contributed by atoms with E-state index in [4.69, 9.17) is 14.2 Å². The maximum absolute atomic E-state index is 13.5. The Kier molecular flexibility index (Phi) is 10.1. The molecule has 1 aliphatic rings. The lowest BCUT2D eigenvalue weighted by Crippen LogP contribution is -2.41. The smallest absolute Gasteiger partial charge is 0.319 e. The van der Waals surface area contributed by atoms with Gasteiger partial charge < -0.3 is 29.7 Å². The molecule has 2 aromatic carbocycles. The molecule has 4 rings (SSSR count). The molecule has 220 valence electrons. The first-order valence-electron chi connectivity index (χ1n) is 13.3. The third kappa shape index (κ3) is 8.13. The molecule has 1 fully saturated rings. The molecular weight excluding hydrogens is 550 g/mol. The number of fused-ring (bicyclic) bond motifs is 1. The van der Waals surface area contributed by atoms with Gasteiger partial charge in [0.05, 0.1) is 24.6 Å². The molecule has 2 amide bonds. The third-order valence-electron chi connectivity index (χ3n) is 6.30. The van der Waals surface area contributed by atoms with E-state index in [0.717, 1.165) is 16.5 Å². The summed E-state index contributed by atoms with van der Waals surface area (Å²) in [5.41, 5.74) is 2.19. The van der Waals surface area contributed by atoms with Crippen LogP contribution < -0.4 is 20.1 Å². The highest BCUT2D eigenvalue weighted by molar-refractivity contribution is 7.89. The minimum Gasteiger partial charge on any atom is -0.492 e. The highest BCUT2D eigenvalue weighted by Crippen LogP contribution is 2.30. The number of likely N-dealkylation sites (N-methyl/N-ethyl adjacent to an activating group) is 1. The number of hydrogen-bond acceptors (Lipinski definition) is 9. The minimum absolute atomic E-state index is 0.0418. The summed E-state index contributed by atoms with van der Waals surface area (Å²) in [6.45, 7) is 3.21. The number of rotatable bonds is 13. The van der Waals surface area contributed by atoms with Crippen molar-refractivity contribution < 1.29 is 32.2 Å². The molecule has 3 N–H and O–H groups in total. The van der Waals surface area contributed by atoms with Gasteiger partial charge in [-0.1, -0.05) is 18.2 Å². The summed E-state index contributed by atoms with van der Waals surface area (Å²) in [6, 6.07) is 12.6. The Balaban J connectivity index is 1.55. The number of carbonyl (C=O) groups excluding carboxylic acids is 2. The monoisotopic (exact) mass is 585 g/mol. The van der Waals surface area contributed by atoms with E-state index >= 15 is 0 Å². The number of urea groups is 1. The van der Waals surface area contributed by atoms with E-state index in [1.54, 1.807) is 13.1 Å². The summed E-state index contributed by atoms with van der Waals surface area (Å²) in [7, 11) is -0.382. The summed E-state index contributed by atoms with van der Waals surface area (Å²) in [4.78, 5) is 30.4. The van der Waals surface area contributed by atoms with Crippen LogP contribution in [-0.2, 0) is 30.7 Å². The first-order valence-corrected chi connectivity index (χ1v) is 14.8. The fourth-order valence-corrected chi connectivity index (χ4v) is 5.70. The van der Waals surface area contributed by atoms with E-state index in [0.29, 0.717) is 25.2 Å². The topological polar surface area (TPSA) is 148 Å². The number of nitrogens with one attached hydrogen (secondary N) is 3. The number of sulfonamides is 1. The van der Waals surface area contributed by atoms with Gasteiger partial charge in [-0.25, -0.2) is 17.9 Å². The average Bonchev–Trinajstić information content (AvgIpc) is 3.26. The van der Waals surface area contributed by atoms with Gasteiger partial charge in [0.1, 0.15) is 10.6 Å². The fraction of sp³-hybridized carbons (Fsp3) is 0.393. The van der Waals surface area contributed by atoms with Crippen LogP contribution in [0.15, 0.2) is 59.6 Å². The van der Waals surface area contributed by atoms with Crippen LogP contribution in [0.5, 0.6) is 5.75 Å². The van der Waals surface area contributed by atoms with Crippen LogP contribution in [-0.4, -0.2) is 83.0 Å². The molecule has 2 heterocycles. The SMILES string of the molecule is CCO[C@H]1OC(=O)CC1NS(=O)(=O)c1ccc(NC(=O)NCCN(C)C)cc1OCCc1cccc2ncccc12. The van der Waals surface area contributed by atoms with E-state index in [1.165, 1.54) is 18.2 Å². The van der Waals surface area contributed by atoms with Gasteiger partial charge in [-0.15, -0.1) is 0 Å². The molecule has 1 saturated heterocycles. The number of benzene rings is 2. The van der Waals surface area contributed by atoms with Crippen molar-refractivity contribution in [3.05, 3.63) is 60.3 Å². The number of hydrogen-bond donors (Lipinski definition) is 3. The molecule has 1 unspecified atom stereocenters. The van der Waals surface area contributed by atoms with Crippen molar-refractivity contribution in [1.29, 1.82) is 0 Å². The summed E-state index contributed by atoms with van der Waals surface area (Å²) in [5.74, 6) is -0.516. The van der Waals surface area contributed by atoms with Crippen LogP contribution in [0.1, 0.15) is 18.9 Å². The van der Waals surface area contributed by atoms with Gasteiger partial charge in [0.15, 0.2) is 0 Å². The zero-order valence-corrected chi connectivity index (χ0v) is 24.1. The van der Waals surface area contributed by atoms with Gasteiger partial charge in [0, 0.05) is 49.5 Å². The second-order valence-corrected chi connectivity index (χ2v) is 11.4. The first-order chi connectivity index (χ1) is 19.7. The van der Waals surface area contributed by atoms with Crippen molar-refractivity contribution in [2.45, 2.75) is 37.0 Å². The molecule has 0 spiro atoms. The van der Waals surface area contributed by atoms with Crippen LogP contribution in [0.4, 0.5) is 10.5 Å². The van der Waals surface area contributed by atoms with Gasteiger partial charge in [-0.2, -0.15) is 0 Å². The quantitative estimate of drug-likeness (QED) is 0.257. The number of carbonyl (C=O) groups is 2.